The molecule has 0 bridgehead atoms. The molecule has 0 aliphatic carbocycles. The van der Waals surface area contributed by atoms with E-state index in [2.05, 4.69) is 46.2 Å². The van der Waals surface area contributed by atoms with Crippen LogP contribution in [0.3, 0.4) is 0 Å². The molecule has 6 heteroatoms. The predicted molar refractivity (Wildman–Crippen MR) is 92.9 cm³/mol. The molecule has 0 rings (SSSR count). The lowest BCUT2D eigenvalue weighted by Crippen LogP contribution is -2.34. The van der Waals surface area contributed by atoms with Crippen LogP contribution in [0.4, 0.5) is 0 Å². The van der Waals surface area contributed by atoms with Crippen molar-refractivity contribution in [1.29, 1.82) is 0 Å². The third-order valence-corrected chi connectivity index (χ3v) is 5.42. The topological polar surface area (TPSA) is 40.2 Å². The van der Waals surface area contributed by atoms with Gasteiger partial charge in [-0.15, -0.1) is 0 Å². The van der Waals surface area contributed by atoms with Gasteiger partial charge < -0.3 is 18.5 Å². The number of rotatable bonds is 13. The van der Waals surface area contributed by atoms with Crippen LogP contribution < -0.4 is 0 Å². The Morgan fingerprint density at radius 3 is 1.82 bits per heavy atom. The summed E-state index contributed by atoms with van der Waals surface area (Å²) in [4.78, 5) is 0. The summed E-state index contributed by atoms with van der Waals surface area (Å²) in [7, 11) is 2.33. The SMILES string of the molecule is COC(CCCCOP(OC(C)C)N(C(C)C)C(C)C)OC. The third kappa shape index (κ3) is 9.39. The Morgan fingerprint density at radius 1 is 0.864 bits per heavy atom. The van der Waals surface area contributed by atoms with E-state index < -0.39 is 8.53 Å². The van der Waals surface area contributed by atoms with Gasteiger partial charge in [-0.05, 0) is 60.8 Å². The van der Waals surface area contributed by atoms with E-state index in [9.17, 15) is 0 Å². The van der Waals surface area contributed by atoms with Crippen molar-refractivity contribution in [3.8, 4) is 0 Å². The first-order valence-corrected chi connectivity index (χ1v) is 9.40. The molecule has 134 valence electrons. The highest BCUT2D eigenvalue weighted by Crippen LogP contribution is 2.47. The van der Waals surface area contributed by atoms with Crippen LogP contribution in [0.25, 0.3) is 0 Å². The predicted octanol–water partition coefficient (Wildman–Crippen LogP) is 4.56. The second kappa shape index (κ2) is 12.6. The number of hydrogen-bond acceptors (Lipinski definition) is 5. The highest BCUT2D eigenvalue weighted by Gasteiger charge is 2.27. The molecule has 0 aromatic rings. The molecular formula is C16H36NO4P. The summed E-state index contributed by atoms with van der Waals surface area (Å²) in [6.07, 6.45) is 2.93. The Balaban J connectivity index is 4.30. The zero-order valence-electron chi connectivity index (χ0n) is 15.7. The standard InChI is InChI=1S/C16H36NO4P/c1-13(2)17(14(3)4)22(21-15(5)6)20-12-10-9-11-16(18-7)19-8/h13-16H,9-12H2,1-8H3. The van der Waals surface area contributed by atoms with Gasteiger partial charge in [0, 0.05) is 26.3 Å². The molecule has 0 saturated carbocycles. The lowest BCUT2D eigenvalue weighted by Gasteiger charge is -2.36. The average Bonchev–Trinajstić information content (AvgIpc) is 2.41. The first-order valence-electron chi connectivity index (χ1n) is 8.27. The van der Waals surface area contributed by atoms with E-state index in [-0.39, 0.29) is 12.4 Å². The van der Waals surface area contributed by atoms with Crippen molar-refractivity contribution in [2.75, 3.05) is 20.8 Å². The molecule has 5 nitrogen and oxygen atoms in total. The Hall–Kier alpha value is 0.230. The Morgan fingerprint density at radius 2 is 1.41 bits per heavy atom. The molecule has 0 aliphatic rings. The summed E-state index contributed by atoms with van der Waals surface area (Å²) >= 11 is 0. The quantitative estimate of drug-likeness (QED) is 0.280. The smallest absolute Gasteiger partial charge is 0.259 e. The maximum atomic E-state index is 6.07. The summed E-state index contributed by atoms with van der Waals surface area (Å²) in [6.45, 7) is 13.6. The van der Waals surface area contributed by atoms with E-state index in [1.165, 1.54) is 0 Å². The third-order valence-electron chi connectivity index (χ3n) is 3.11. The molecule has 0 N–H and O–H groups in total. The van der Waals surface area contributed by atoms with Crippen molar-refractivity contribution in [2.45, 2.75) is 85.3 Å². The molecule has 0 spiro atoms. The Bertz CT molecular complexity index is 253. The monoisotopic (exact) mass is 337 g/mol. The van der Waals surface area contributed by atoms with Gasteiger partial charge in [-0.2, -0.15) is 0 Å². The summed E-state index contributed by atoms with van der Waals surface area (Å²) in [5, 5.41) is 0. The maximum absolute atomic E-state index is 6.07. The molecule has 0 saturated heterocycles. The normalized spacial score (nSPS) is 14.0. The highest BCUT2D eigenvalue weighted by molar-refractivity contribution is 7.44. The lowest BCUT2D eigenvalue weighted by atomic mass is 10.2. The van der Waals surface area contributed by atoms with Crippen LogP contribution in [0.15, 0.2) is 0 Å². The van der Waals surface area contributed by atoms with E-state index in [4.69, 9.17) is 18.5 Å². The minimum atomic E-state index is -1.01. The van der Waals surface area contributed by atoms with Crippen LogP contribution >= 0.6 is 8.53 Å². The first-order chi connectivity index (χ1) is 10.3. The lowest BCUT2D eigenvalue weighted by molar-refractivity contribution is -0.107. The van der Waals surface area contributed by atoms with E-state index in [1.54, 1.807) is 14.2 Å². The van der Waals surface area contributed by atoms with Crippen LogP contribution in [-0.4, -0.2) is 50.0 Å². The molecule has 0 aromatic carbocycles. The van der Waals surface area contributed by atoms with Crippen molar-refractivity contribution in [2.24, 2.45) is 0 Å². The summed E-state index contributed by atoms with van der Waals surface area (Å²) in [6, 6.07) is 0.799. The maximum Gasteiger partial charge on any atom is 0.259 e. The molecule has 0 heterocycles. The zero-order valence-corrected chi connectivity index (χ0v) is 16.6. The number of hydrogen-bond donors (Lipinski definition) is 0. The fourth-order valence-electron chi connectivity index (χ4n) is 2.19. The number of ether oxygens (including phenoxy) is 2. The van der Waals surface area contributed by atoms with Gasteiger partial charge in [0.2, 0.25) is 0 Å². The van der Waals surface area contributed by atoms with Crippen LogP contribution in [0, 0.1) is 0 Å². The second-order valence-corrected chi connectivity index (χ2v) is 7.60. The van der Waals surface area contributed by atoms with Crippen LogP contribution in [-0.2, 0) is 18.5 Å². The largest absolute Gasteiger partial charge is 0.356 e. The van der Waals surface area contributed by atoms with Crippen molar-refractivity contribution in [3.63, 3.8) is 0 Å². The molecule has 0 radical (unpaired) electrons. The van der Waals surface area contributed by atoms with E-state index in [1.807, 2.05) is 0 Å². The second-order valence-electron chi connectivity index (χ2n) is 6.19. The van der Waals surface area contributed by atoms with Crippen molar-refractivity contribution < 1.29 is 18.5 Å². The molecule has 0 amide bonds. The van der Waals surface area contributed by atoms with Crippen molar-refractivity contribution >= 4 is 8.53 Å². The van der Waals surface area contributed by atoms with Gasteiger partial charge in [-0.3, -0.25) is 0 Å². The van der Waals surface area contributed by atoms with Gasteiger partial charge >= 0.3 is 0 Å². The summed E-state index contributed by atoms with van der Waals surface area (Å²) in [5.41, 5.74) is 0. The molecule has 1 atom stereocenters. The molecular weight excluding hydrogens is 301 g/mol. The number of nitrogens with zero attached hydrogens (tertiary/aromatic N) is 1. The zero-order chi connectivity index (χ0) is 17.1. The first kappa shape index (κ1) is 22.2. The van der Waals surface area contributed by atoms with Gasteiger partial charge in [0.1, 0.15) is 0 Å². The fourth-order valence-corrected chi connectivity index (χ4v) is 3.90. The molecule has 0 fully saturated rings. The molecule has 0 aliphatic heterocycles. The van der Waals surface area contributed by atoms with Crippen molar-refractivity contribution in [1.82, 2.24) is 4.67 Å². The molecule has 0 aromatic heterocycles. The molecule has 22 heavy (non-hydrogen) atoms. The van der Waals surface area contributed by atoms with Gasteiger partial charge in [0.25, 0.3) is 8.53 Å². The molecule has 1 unspecified atom stereocenters. The average molecular weight is 337 g/mol. The van der Waals surface area contributed by atoms with Crippen LogP contribution in [0.2, 0.25) is 0 Å². The Labute approximate surface area is 138 Å². The minimum absolute atomic E-state index is 0.115. The van der Waals surface area contributed by atoms with Gasteiger partial charge in [-0.25, -0.2) is 4.67 Å². The summed E-state index contributed by atoms with van der Waals surface area (Å²) < 4.78 is 24.8. The van der Waals surface area contributed by atoms with E-state index in [0.717, 1.165) is 19.3 Å². The van der Waals surface area contributed by atoms with Crippen LogP contribution in [0.1, 0.15) is 60.8 Å². The van der Waals surface area contributed by atoms with Crippen LogP contribution in [0.5, 0.6) is 0 Å². The van der Waals surface area contributed by atoms with Gasteiger partial charge in [0.05, 0.1) is 12.7 Å². The summed E-state index contributed by atoms with van der Waals surface area (Å²) in [5.74, 6) is 0. The number of unbranched alkanes of at least 4 members (excludes halogenated alkanes) is 1. The number of methoxy groups -OCH3 is 2. The fraction of sp³-hybridized carbons (Fsp3) is 1.00. The van der Waals surface area contributed by atoms with E-state index >= 15 is 0 Å². The van der Waals surface area contributed by atoms with E-state index in [0.29, 0.717) is 18.7 Å². The van der Waals surface area contributed by atoms with Gasteiger partial charge in [-0.1, -0.05) is 0 Å². The Kier molecular flexibility index (Phi) is 12.8. The van der Waals surface area contributed by atoms with Crippen molar-refractivity contribution in [3.05, 3.63) is 0 Å². The highest BCUT2D eigenvalue weighted by atomic mass is 31.2. The van der Waals surface area contributed by atoms with Gasteiger partial charge in [0.15, 0.2) is 6.29 Å². The minimum Gasteiger partial charge on any atom is -0.356 e.